The van der Waals surface area contributed by atoms with Crippen LogP contribution in [0.4, 0.5) is 5.69 Å². The summed E-state index contributed by atoms with van der Waals surface area (Å²) in [6.45, 7) is 6.76. The molecule has 2 aromatic rings. The molecule has 1 unspecified atom stereocenters. The minimum atomic E-state index is -0.576. The number of nitro benzene ring substituents is 1. The topological polar surface area (TPSA) is 75.8 Å². The van der Waals surface area contributed by atoms with Gasteiger partial charge in [0.2, 0.25) is 0 Å². The van der Waals surface area contributed by atoms with Gasteiger partial charge in [0.1, 0.15) is 0 Å². The molecule has 1 saturated heterocycles. The lowest BCUT2D eigenvalue weighted by Gasteiger charge is -2.26. The standard InChI is InChI=1S/C24H32N2O4S/c1-18(31-2)14-19-6-7-20(21-8-9-23(26(28)29)24(27)16-21)15-22(19)17-30-13-12-25-10-4-3-5-11-25/h6-9,15-16,18,27H,3-5,10-14,17H2,1-2H3. The van der Waals surface area contributed by atoms with E-state index >= 15 is 0 Å². The first-order valence-electron chi connectivity index (χ1n) is 10.9. The van der Waals surface area contributed by atoms with E-state index in [4.69, 9.17) is 4.74 Å². The van der Waals surface area contributed by atoms with Crippen LogP contribution in [0.15, 0.2) is 36.4 Å². The van der Waals surface area contributed by atoms with Crippen molar-refractivity contribution in [1.82, 2.24) is 4.90 Å². The number of piperidine rings is 1. The summed E-state index contributed by atoms with van der Waals surface area (Å²) in [5, 5.41) is 21.5. The van der Waals surface area contributed by atoms with Crippen molar-refractivity contribution in [1.29, 1.82) is 0 Å². The highest BCUT2D eigenvalue weighted by atomic mass is 32.2. The van der Waals surface area contributed by atoms with E-state index in [1.807, 2.05) is 17.8 Å². The monoisotopic (exact) mass is 444 g/mol. The fourth-order valence-corrected chi connectivity index (χ4v) is 4.29. The third-order valence-electron chi connectivity index (χ3n) is 5.88. The molecular weight excluding hydrogens is 412 g/mol. The molecule has 31 heavy (non-hydrogen) atoms. The van der Waals surface area contributed by atoms with Gasteiger partial charge in [0.05, 0.1) is 18.1 Å². The fraction of sp³-hybridized carbons (Fsp3) is 0.500. The highest BCUT2D eigenvalue weighted by molar-refractivity contribution is 7.99. The zero-order valence-electron chi connectivity index (χ0n) is 18.4. The zero-order valence-corrected chi connectivity index (χ0v) is 19.2. The Balaban J connectivity index is 1.74. The molecule has 0 aliphatic carbocycles. The van der Waals surface area contributed by atoms with Gasteiger partial charge in [-0.15, -0.1) is 0 Å². The Morgan fingerprint density at radius 2 is 1.84 bits per heavy atom. The van der Waals surface area contributed by atoms with Gasteiger partial charge in [-0.3, -0.25) is 10.1 Å². The number of benzene rings is 2. The molecule has 1 fully saturated rings. The van der Waals surface area contributed by atoms with Crippen LogP contribution in [-0.2, 0) is 17.8 Å². The van der Waals surface area contributed by atoms with Crippen molar-refractivity contribution in [3.8, 4) is 16.9 Å². The molecule has 1 N–H and O–H groups in total. The van der Waals surface area contributed by atoms with E-state index in [1.54, 1.807) is 6.07 Å². The molecule has 0 spiro atoms. The van der Waals surface area contributed by atoms with E-state index in [-0.39, 0.29) is 11.4 Å². The molecular formula is C24H32N2O4S. The van der Waals surface area contributed by atoms with E-state index < -0.39 is 4.92 Å². The number of thioether (sulfide) groups is 1. The molecule has 3 rings (SSSR count). The number of phenolic OH excluding ortho intramolecular Hbond substituents is 1. The Kier molecular flexibility index (Phi) is 8.75. The normalized spacial score (nSPS) is 15.7. The molecule has 1 atom stereocenters. The lowest BCUT2D eigenvalue weighted by Crippen LogP contribution is -2.32. The summed E-state index contributed by atoms with van der Waals surface area (Å²) in [4.78, 5) is 12.9. The summed E-state index contributed by atoms with van der Waals surface area (Å²) in [5.74, 6) is -0.318. The molecule has 1 heterocycles. The highest BCUT2D eigenvalue weighted by Gasteiger charge is 2.15. The summed E-state index contributed by atoms with van der Waals surface area (Å²) >= 11 is 1.84. The molecule has 168 valence electrons. The molecule has 0 bridgehead atoms. The van der Waals surface area contributed by atoms with Crippen LogP contribution < -0.4 is 0 Å². The second kappa shape index (κ2) is 11.5. The van der Waals surface area contributed by atoms with Crippen molar-refractivity contribution < 1.29 is 14.8 Å². The Bertz CT molecular complexity index is 884. The molecule has 7 heteroatoms. The fourth-order valence-electron chi connectivity index (χ4n) is 3.95. The van der Waals surface area contributed by atoms with E-state index in [0.717, 1.165) is 29.7 Å². The van der Waals surface area contributed by atoms with Crippen molar-refractivity contribution >= 4 is 17.4 Å². The second-order valence-corrected chi connectivity index (χ2v) is 9.43. The van der Waals surface area contributed by atoms with Crippen LogP contribution in [0.25, 0.3) is 11.1 Å². The Hall–Kier alpha value is -2.09. The quantitative estimate of drug-likeness (QED) is 0.306. The largest absolute Gasteiger partial charge is 0.502 e. The zero-order chi connectivity index (χ0) is 22.2. The van der Waals surface area contributed by atoms with Gasteiger partial charge in [0.25, 0.3) is 0 Å². The predicted octanol–water partition coefficient (Wildman–Crippen LogP) is 5.26. The third kappa shape index (κ3) is 6.69. The first kappa shape index (κ1) is 23.6. The van der Waals surface area contributed by atoms with E-state index in [2.05, 4.69) is 30.2 Å². The molecule has 0 radical (unpaired) electrons. The van der Waals surface area contributed by atoms with Gasteiger partial charge in [0, 0.05) is 17.9 Å². The Morgan fingerprint density at radius 3 is 2.52 bits per heavy atom. The van der Waals surface area contributed by atoms with Gasteiger partial charge >= 0.3 is 5.69 Å². The summed E-state index contributed by atoms with van der Waals surface area (Å²) in [6, 6.07) is 10.7. The van der Waals surface area contributed by atoms with Crippen LogP contribution >= 0.6 is 11.8 Å². The van der Waals surface area contributed by atoms with Crippen LogP contribution in [-0.4, -0.2) is 52.7 Å². The maximum atomic E-state index is 11.0. The van der Waals surface area contributed by atoms with Crippen LogP contribution in [0, 0.1) is 10.1 Å². The predicted molar refractivity (Wildman–Crippen MR) is 127 cm³/mol. The average Bonchev–Trinajstić information content (AvgIpc) is 2.77. The summed E-state index contributed by atoms with van der Waals surface area (Å²) < 4.78 is 6.06. The van der Waals surface area contributed by atoms with E-state index in [9.17, 15) is 15.2 Å². The number of nitro groups is 1. The molecule has 2 aromatic carbocycles. The lowest BCUT2D eigenvalue weighted by atomic mass is 9.96. The number of hydrogen-bond acceptors (Lipinski definition) is 6. The number of phenols is 1. The average molecular weight is 445 g/mol. The molecule has 0 amide bonds. The van der Waals surface area contributed by atoms with Crippen molar-refractivity contribution in [2.45, 2.75) is 44.5 Å². The first-order chi connectivity index (χ1) is 15.0. The Labute approximate surface area is 188 Å². The van der Waals surface area contributed by atoms with Crippen molar-refractivity contribution in [3.63, 3.8) is 0 Å². The summed E-state index contributed by atoms with van der Waals surface area (Å²) in [7, 11) is 0. The summed E-state index contributed by atoms with van der Waals surface area (Å²) in [6.07, 6.45) is 6.96. The van der Waals surface area contributed by atoms with Crippen molar-refractivity contribution in [2.24, 2.45) is 0 Å². The molecule has 1 aliphatic heterocycles. The maximum Gasteiger partial charge on any atom is 0.310 e. The van der Waals surface area contributed by atoms with E-state index in [1.165, 1.54) is 50.0 Å². The van der Waals surface area contributed by atoms with E-state index in [0.29, 0.717) is 18.5 Å². The first-order valence-corrected chi connectivity index (χ1v) is 12.2. The SMILES string of the molecule is CSC(C)Cc1ccc(-c2ccc([N+](=O)[O-])c(O)c2)cc1COCCN1CCCCC1. The molecule has 1 aliphatic rings. The molecule has 0 aromatic heterocycles. The third-order valence-corrected chi connectivity index (χ3v) is 6.85. The Morgan fingerprint density at radius 1 is 1.13 bits per heavy atom. The van der Waals surface area contributed by atoms with Gasteiger partial charge < -0.3 is 14.7 Å². The van der Waals surface area contributed by atoms with Gasteiger partial charge in [-0.2, -0.15) is 11.8 Å². The number of likely N-dealkylation sites (tertiary alicyclic amines) is 1. The van der Waals surface area contributed by atoms with Crippen molar-refractivity contribution in [3.05, 3.63) is 57.6 Å². The second-order valence-electron chi connectivity index (χ2n) is 8.15. The number of ether oxygens (including phenoxy) is 1. The summed E-state index contributed by atoms with van der Waals surface area (Å²) in [5.41, 5.74) is 3.78. The van der Waals surface area contributed by atoms with Crippen molar-refractivity contribution in [2.75, 3.05) is 32.5 Å². The van der Waals surface area contributed by atoms with Gasteiger partial charge in [-0.25, -0.2) is 0 Å². The number of aromatic hydroxyl groups is 1. The van der Waals surface area contributed by atoms with Crippen LogP contribution in [0.5, 0.6) is 5.75 Å². The maximum absolute atomic E-state index is 11.0. The minimum absolute atomic E-state index is 0.282. The van der Waals surface area contributed by atoms with Gasteiger partial charge in [0.15, 0.2) is 5.75 Å². The van der Waals surface area contributed by atoms with Crippen LogP contribution in [0.3, 0.4) is 0 Å². The smallest absolute Gasteiger partial charge is 0.310 e. The number of hydrogen-bond donors (Lipinski definition) is 1. The van der Waals surface area contributed by atoms with Crippen LogP contribution in [0.1, 0.15) is 37.3 Å². The highest BCUT2D eigenvalue weighted by Crippen LogP contribution is 2.32. The van der Waals surface area contributed by atoms with Gasteiger partial charge in [-0.05, 0) is 79.1 Å². The molecule has 6 nitrogen and oxygen atoms in total. The van der Waals surface area contributed by atoms with Crippen LogP contribution in [0.2, 0.25) is 0 Å². The lowest BCUT2D eigenvalue weighted by molar-refractivity contribution is -0.385. The van der Waals surface area contributed by atoms with Gasteiger partial charge in [-0.1, -0.05) is 25.5 Å². The number of nitrogens with zero attached hydrogens (tertiary/aromatic N) is 2. The number of rotatable bonds is 10. The minimum Gasteiger partial charge on any atom is -0.502 e. The molecule has 0 saturated carbocycles.